The van der Waals surface area contributed by atoms with Gasteiger partial charge in [-0.3, -0.25) is 0 Å². The smallest absolute Gasteiger partial charge is 0.422 e. The highest BCUT2D eigenvalue weighted by atomic mass is 35.5. The molecule has 34 heavy (non-hydrogen) atoms. The van der Waals surface area contributed by atoms with E-state index in [0.29, 0.717) is 0 Å². The molecule has 0 saturated carbocycles. The van der Waals surface area contributed by atoms with Gasteiger partial charge in [0.1, 0.15) is 12.1 Å². The summed E-state index contributed by atoms with van der Waals surface area (Å²) in [6.07, 6.45) is -6.13. The van der Waals surface area contributed by atoms with Crippen molar-refractivity contribution in [2.24, 2.45) is 0 Å². The Morgan fingerprint density at radius 3 is 1.91 bits per heavy atom. The number of alkyl halides is 8. The van der Waals surface area contributed by atoms with E-state index in [1.165, 1.54) is 30.3 Å². The fourth-order valence-electron chi connectivity index (χ4n) is 3.31. The molecule has 0 saturated heterocycles. The Morgan fingerprint density at radius 2 is 1.41 bits per heavy atom. The summed E-state index contributed by atoms with van der Waals surface area (Å²) in [4.78, 5) is 7.47. The molecular weight excluding hydrogens is 509 g/mol. The molecule has 1 heterocycles. The molecule has 12 heteroatoms. The van der Waals surface area contributed by atoms with Gasteiger partial charge in [-0.2, -0.15) is 26.3 Å². The molecule has 1 atom stereocenters. The maximum absolute atomic E-state index is 14.1. The topological polar surface area (TPSA) is 55.2 Å². The summed E-state index contributed by atoms with van der Waals surface area (Å²) in [5.74, 6) is -0.104. The van der Waals surface area contributed by atoms with E-state index in [4.69, 9.17) is 23.2 Å². The van der Waals surface area contributed by atoms with E-state index in [9.17, 15) is 31.4 Å². The van der Waals surface area contributed by atoms with Gasteiger partial charge in [0.05, 0.1) is 5.56 Å². The van der Waals surface area contributed by atoms with Gasteiger partial charge >= 0.3 is 12.4 Å². The van der Waals surface area contributed by atoms with Crippen molar-refractivity contribution in [3.8, 4) is 16.9 Å². The van der Waals surface area contributed by atoms with Gasteiger partial charge in [-0.15, -0.1) is 0 Å². The molecule has 0 radical (unpaired) electrons. The molecule has 2 aromatic carbocycles. The van der Waals surface area contributed by atoms with Gasteiger partial charge in [-0.05, 0) is 36.2 Å². The van der Waals surface area contributed by atoms with Crippen LogP contribution in [0.4, 0.5) is 26.3 Å². The fourth-order valence-corrected chi connectivity index (χ4v) is 3.74. The van der Waals surface area contributed by atoms with Crippen LogP contribution in [0.5, 0.6) is 5.75 Å². The van der Waals surface area contributed by atoms with Crippen LogP contribution in [0.2, 0.25) is 0 Å². The van der Waals surface area contributed by atoms with Crippen molar-refractivity contribution in [1.29, 1.82) is 0 Å². The SMILES string of the molecule is CC(Cl)(Cl)C(O)(c1cncnc1)c1ccc(-c2ccc(OCC(F)(F)F)cc2)cc1C(F)(F)F. The molecule has 1 aromatic heterocycles. The minimum atomic E-state index is -4.93. The second-order valence-corrected chi connectivity index (χ2v) is 9.12. The summed E-state index contributed by atoms with van der Waals surface area (Å²) in [5, 5.41) is 11.4. The van der Waals surface area contributed by atoms with Crippen LogP contribution >= 0.6 is 23.2 Å². The van der Waals surface area contributed by atoms with Crippen molar-refractivity contribution in [3.05, 3.63) is 77.9 Å². The van der Waals surface area contributed by atoms with Crippen LogP contribution in [0.15, 0.2) is 61.2 Å². The van der Waals surface area contributed by atoms with Gasteiger partial charge in [0, 0.05) is 23.5 Å². The van der Waals surface area contributed by atoms with E-state index in [1.54, 1.807) is 0 Å². The summed E-state index contributed by atoms with van der Waals surface area (Å²) in [6.45, 7) is -0.368. The maximum atomic E-state index is 14.1. The predicted molar refractivity (Wildman–Crippen MR) is 114 cm³/mol. The summed E-state index contributed by atoms with van der Waals surface area (Å²) in [7, 11) is 0. The minimum absolute atomic E-state index is 0.0796. The van der Waals surface area contributed by atoms with Gasteiger partial charge < -0.3 is 9.84 Å². The molecule has 4 nitrogen and oxygen atoms in total. The fraction of sp³-hybridized carbons (Fsp3) is 0.273. The van der Waals surface area contributed by atoms with Crippen LogP contribution < -0.4 is 4.74 Å². The number of benzene rings is 2. The second kappa shape index (κ2) is 9.24. The Kier molecular flexibility index (Phi) is 7.08. The highest BCUT2D eigenvalue weighted by Crippen LogP contribution is 2.50. The Labute approximate surface area is 200 Å². The molecule has 0 aliphatic carbocycles. The Hall–Kier alpha value is -2.56. The van der Waals surface area contributed by atoms with Crippen LogP contribution in [0, 0.1) is 0 Å². The lowest BCUT2D eigenvalue weighted by atomic mass is 9.81. The molecule has 3 aromatic rings. The number of ether oxygens (including phenoxy) is 1. The lowest BCUT2D eigenvalue weighted by molar-refractivity contribution is -0.153. The first-order chi connectivity index (χ1) is 15.6. The van der Waals surface area contributed by atoms with Crippen molar-refractivity contribution in [2.75, 3.05) is 6.61 Å². The van der Waals surface area contributed by atoms with E-state index in [2.05, 4.69) is 14.7 Å². The maximum Gasteiger partial charge on any atom is 0.422 e. The average molecular weight is 525 g/mol. The molecule has 0 fully saturated rings. The molecule has 3 rings (SSSR count). The Bertz CT molecular complexity index is 1130. The van der Waals surface area contributed by atoms with Crippen LogP contribution in [-0.2, 0) is 11.8 Å². The summed E-state index contributed by atoms with van der Waals surface area (Å²) in [6, 6.07) is 8.14. The second-order valence-electron chi connectivity index (χ2n) is 7.41. The number of halogens is 8. The van der Waals surface area contributed by atoms with E-state index >= 15 is 0 Å². The first-order valence-corrected chi connectivity index (χ1v) is 10.3. The molecule has 0 aliphatic heterocycles. The quantitative estimate of drug-likeness (QED) is 0.294. The molecule has 0 aliphatic rings. The van der Waals surface area contributed by atoms with Crippen LogP contribution in [-0.4, -0.2) is 32.2 Å². The zero-order valence-corrected chi connectivity index (χ0v) is 18.8. The third-order valence-electron chi connectivity index (χ3n) is 4.92. The van der Waals surface area contributed by atoms with Crippen LogP contribution in [0.25, 0.3) is 11.1 Å². The summed E-state index contributed by atoms with van der Waals surface area (Å²) < 4.78 is 81.7. The zero-order valence-electron chi connectivity index (χ0n) is 17.3. The van der Waals surface area contributed by atoms with Crippen molar-refractivity contribution in [3.63, 3.8) is 0 Å². The molecule has 0 spiro atoms. The van der Waals surface area contributed by atoms with Gasteiger partial charge in [0.15, 0.2) is 16.5 Å². The highest BCUT2D eigenvalue weighted by molar-refractivity contribution is 6.49. The number of aliphatic hydroxyl groups is 1. The normalized spacial score (nSPS) is 14.5. The minimum Gasteiger partial charge on any atom is -0.484 e. The van der Waals surface area contributed by atoms with Crippen molar-refractivity contribution < 1.29 is 36.2 Å². The van der Waals surface area contributed by atoms with Crippen LogP contribution in [0.3, 0.4) is 0 Å². The van der Waals surface area contributed by atoms with Gasteiger partial charge in [0.2, 0.25) is 0 Å². The van der Waals surface area contributed by atoms with Gasteiger partial charge in [-0.1, -0.05) is 47.5 Å². The molecule has 1 unspecified atom stereocenters. The predicted octanol–water partition coefficient (Wildman–Crippen LogP) is 6.53. The van der Waals surface area contributed by atoms with E-state index in [0.717, 1.165) is 37.8 Å². The molecular formula is C22H16Cl2F6N2O2. The first kappa shape index (κ1) is 26.1. The summed E-state index contributed by atoms with van der Waals surface area (Å²) in [5.41, 5.74) is -4.21. The number of nitrogens with zero attached hydrogens (tertiary/aromatic N) is 2. The zero-order chi connectivity index (χ0) is 25.4. The largest absolute Gasteiger partial charge is 0.484 e. The highest BCUT2D eigenvalue weighted by Gasteiger charge is 2.52. The van der Waals surface area contributed by atoms with Gasteiger partial charge in [0.25, 0.3) is 0 Å². The first-order valence-electron chi connectivity index (χ1n) is 9.50. The molecule has 1 N–H and O–H groups in total. The number of hydrogen-bond acceptors (Lipinski definition) is 4. The van der Waals surface area contributed by atoms with Crippen molar-refractivity contribution in [1.82, 2.24) is 9.97 Å². The lowest BCUT2D eigenvalue weighted by Gasteiger charge is -2.38. The standard InChI is InChI=1S/C22H16Cl2F6N2O2/c1-19(23,24)21(33,15-9-31-12-32-10-15)17-7-4-14(8-18(17)22(28,29)30)13-2-5-16(6-3-13)34-11-20(25,26)27/h2-10,12,33H,11H2,1H3. The average Bonchev–Trinajstić information content (AvgIpc) is 2.76. The number of aromatic nitrogens is 2. The number of rotatable bonds is 6. The van der Waals surface area contributed by atoms with Gasteiger partial charge in [-0.25, -0.2) is 9.97 Å². The monoisotopic (exact) mass is 524 g/mol. The lowest BCUT2D eigenvalue weighted by Crippen LogP contribution is -2.44. The number of hydrogen-bond donors (Lipinski definition) is 1. The molecule has 0 bridgehead atoms. The van der Waals surface area contributed by atoms with Crippen LogP contribution in [0.1, 0.15) is 23.6 Å². The third kappa shape index (κ3) is 5.56. The summed E-state index contributed by atoms with van der Waals surface area (Å²) >= 11 is 12.3. The van der Waals surface area contributed by atoms with E-state index in [-0.39, 0.29) is 22.4 Å². The molecule has 182 valence electrons. The van der Waals surface area contributed by atoms with E-state index < -0.39 is 40.0 Å². The van der Waals surface area contributed by atoms with Crippen molar-refractivity contribution >= 4 is 23.2 Å². The Balaban J connectivity index is 2.09. The van der Waals surface area contributed by atoms with Crippen molar-refractivity contribution in [2.45, 2.75) is 29.2 Å². The van der Waals surface area contributed by atoms with E-state index in [1.807, 2.05) is 0 Å². The third-order valence-corrected chi connectivity index (χ3v) is 5.47. The Morgan fingerprint density at radius 1 is 0.853 bits per heavy atom. The molecule has 0 amide bonds.